The fourth-order valence-electron chi connectivity index (χ4n) is 10.2. The molecule has 12 rings (SSSR count). The molecule has 0 saturated carbocycles. The van der Waals surface area contributed by atoms with E-state index < -0.39 is 0 Å². The van der Waals surface area contributed by atoms with E-state index in [2.05, 4.69) is 113 Å². The third-order valence-electron chi connectivity index (χ3n) is 13.7. The van der Waals surface area contributed by atoms with Crippen LogP contribution >= 0.6 is 0 Å². The minimum absolute atomic E-state index is 0. The molecule has 0 aliphatic heterocycles. The number of aldehydes is 2. The maximum absolute atomic E-state index is 10.9. The highest BCUT2D eigenvalue weighted by Crippen LogP contribution is 2.49. The Balaban J connectivity index is 0.000000183. The van der Waals surface area contributed by atoms with Gasteiger partial charge in [0.1, 0.15) is 12.6 Å². The van der Waals surface area contributed by atoms with Crippen molar-refractivity contribution in [2.75, 3.05) is 22.9 Å². The van der Waals surface area contributed by atoms with Crippen LogP contribution in [0.3, 0.4) is 0 Å². The maximum atomic E-state index is 10.9. The van der Waals surface area contributed by atoms with Gasteiger partial charge in [-0.3, -0.25) is 9.59 Å². The van der Waals surface area contributed by atoms with Gasteiger partial charge < -0.3 is 39.9 Å². The van der Waals surface area contributed by atoms with Gasteiger partial charge in [0.2, 0.25) is 6.33 Å². The summed E-state index contributed by atoms with van der Waals surface area (Å²) in [6.07, 6.45) is 3.76. The predicted octanol–water partition coefficient (Wildman–Crippen LogP) is 10.5. The highest BCUT2D eigenvalue weighted by Gasteiger charge is 2.23. The van der Waals surface area contributed by atoms with Gasteiger partial charge in [0.15, 0.2) is 11.0 Å². The average Bonchev–Trinajstić information content (AvgIpc) is 3.71. The zero-order valence-corrected chi connectivity index (χ0v) is 41.2. The van der Waals surface area contributed by atoms with Gasteiger partial charge in [0, 0.05) is 45.0 Å². The molecule has 9 heteroatoms. The number of hydrogen-bond acceptors (Lipinski definition) is 6. The fraction of sp³-hybridized carbons (Fsp3) is 0.0317. The summed E-state index contributed by atoms with van der Waals surface area (Å²) in [5.41, 5.74) is 44.4. The van der Waals surface area contributed by atoms with Crippen LogP contribution in [0.1, 0.15) is 20.7 Å². The van der Waals surface area contributed by atoms with Crippen LogP contribution in [-0.2, 0) is 14.1 Å². The second-order valence-electron chi connectivity index (χ2n) is 18.2. The van der Waals surface area contributed by atoms with Gasteiger partial charge in [-0.1, -0.05) is 121 Å². The van der Waals surface area contributed by atoms with E-state index in [0.717, 1.165) is 113 Å². The summed E-state index contributed by atoms with van der Waals surface area (Å²) < 4.78 is 4.23. The molecule has 0 aliphatic carbocycles. The molecule has 0 unspecified atom stereocenters. The molecule has 350 valence electrons. The van der Waals surface area contributed by atoms with E-state index in [4.69, 9.17) is 22.9 Å². The lowest BCUT2D eigenvalue weighted by Gasteiger charge is -2.21. The number of fused-ring (bicyclic) bond motifs is 1. The number of nitrogens with zero attached hydrogens (tertiary/aromatic N) is 2. The molecule has 0 saturated heterocycles. The molecule has 0 aliphatic rings. The van der Waals surface area contributed by atoms with Gasteiger partial charge in [-0.25, -0.2) is 9.13 Å². The molecule has 8 N–H and O–H groups in total. The van der Waals surface area contributed by atoms with Crippen LogP contribution in [0, 0.1) is 0 Å². The van der Waals surface area contributed by atoms with Gasteiger partial charge in [-0.05, 0) is 161 Å². The zero-order valence-electron chi connectivity index (χ0n) is 39.6. The average molecular weight is 1000 g/mol. The lowest BCUT2D eigenvalue weighted by molar-refractivity contribution is -0.645. The third-order valence-corrected chi connectivity index (χ3v) is 13.7. The first-order chi connectivity index (χ1) is 34.6. The van der Waals surface area contributed by atoms with Crippen LogP contribution in [0.2, 0.25) is 0 Å². The number of carbonyl (C=O) groups is 2. The number of nitrogen functional groups attached to an aromatic ring is 4. The maximum Gasteiger partial charge on any atom is 0.244 e. The molecule has 11 aromatic carbocycles. The summed E-state index contributed by atoms with van der Waals surface area (Å²) in [4.78, 5) is 21.9. The molecule has 0 radical (unpaired) electrons. The Morgan fingerprint density at radius 1 is 0.375 bits per heavy atom. The molecule has 0 bridgehead atoms. The summed E-state index contributed by atoms with van der Waals surface area (Å²) in [6, 6.07) is 65.7. The van der Waals surface area contributed by atoms with Gasteiger partial charge >= 0.3 is 0 Å². The zero-order chi connectivity index (χ0) is 48.9. The van der Waals surface area contributed by atoms with E-state index in [9.17, 15) is 9.59 Å². The number of hydrogen-bond donors (Lipinski definition) is 4. The minimum Gasteiger partial charge on any atom is -1.00 e. The molecular formula is C63H49BrN6O2. The van der Waals surface area contributed by atoms with Crippen molar-refractivity contribution in [3.63, 3.8) is 0 Å². The number of nitrogens with two attached hydrogens (primary N) is 4. The molecular weight excluding hydrogens is 953 g/mol. The fourth-order valence-corrected chi connectivity index (χ4v) is 10.2. The summed E-state index contributed by atoms with van der Waals surface area (Å²) in [7, 11) is 4.07. The molecule has 8 nitrogen and oxygen atoms in total. The Morgan fingerprint density at radius 2 is 0.653 bits per heavy atom. The third kappa shape index (κ3) is 8.35. The van der Waals surface area contributed by atoms with Crippen LogP contribution in [-0.4, -0.2) is 17.1 Å². The molecule has 72 heavy (non-hydrogen) atoms. The van der Waals surface area contributed by atoms with Crippen LogP contribution in [0.5, 0.6) is 0 Å². The monoisotopic (exact) mass is 1000 g/mol. The number of aryl methyl sites for hydroxylation is 2. The number of aromatic nitrogens is 2. The number of halogens is 1. The van der Waals surface area contributed by atoms with Gasteiger partial charge in [-0.15, -0.1) is 0 Å². The standard InChI is InChI=1S/C40H30N4.C23H19N2O2.BrH/c41-27-9-1-23(2-10-27)35-21-36(24-3-11-28(42)12-4-24)32-19-20-34-38(26-7-15-30(44)16-8-26)22-37(25-5-13-29(43)14-6-25)33-18-17-31(35)39(32)40(33)34;1-24-15-25(2)23-21(19-9-5-17(14-27)6-10-19)12-11-20(22(23)24)18-7-3-16(13-26)4-8-18;/h1-22H,41-44H2;3-15H,1-2H3;1H/q;+1;/p-1. The van der Waals surface area contributed by atoms with Crippen molar-refractivity contribution in [2.45, 2.75) is 0 Å². The van der Waals surface area contributed by atoms with E-state index in [1.807, 2.05) is 111 Å². The summed E-state index contributed by atoms with van der Waals surface area (Å²) in [6.45, 7) is 0. The molecule has 0 fully saturated rings. The van der Waals surface area contributed by atoms with Crippen LogP contribution in [0.25, 0.3) is 110 Å². The Hall–Kier alpha value is -9.05. The molecule has 0 atom stereocenters. The molecule has 0 spiro atoms. The Labute approximate surface area is 427 Å². The van der Waals surface area contributed by atoms with Crippen LogP contribution < -0.4 is 44.5 Å². The Kier molecular flexibility index (Phi) is 12.3. The second-order valence-corrected chi connectivity index (χ2v) is 18.2. The first kappa shape index (κ1) is 46.7. The second kappa shape index (κ2) is 19.0. The predicted molar refractivity (Wildman–Crippen MR) is 295 cm³/mol. The van der Waals surface area contributed by atoms with E-state index in [1.165, 1.54) is 32.3 Å². The van der Waals surface area contributed by atoms with Crippen molar-refractivity contribution < 1.29 is 31.1 Å². The van der Waals surface area contributed by atoms with Crippen LogP contribution in [0.15, 0.2) is 200 Å². The molecule has 1 heterocycles. The quantitative estimate of drug-likeness (QED) is 0.0516. The van der Waals surface area contributed by atoms with Gasteiger partial charge in [0.25, 0.3) is 0 Å². The van der Waals surface area contributed by atoms with Gasteiger partial charge in [-0.2, -0.15) is 0 Å². The first-order valence-electron chi connectivity index (χ1n) is 23.4. The normalized spacial score (nSPS) is 11.1. The smallest absolute Gasteiger partial charge is 0.244 e. The number of imidazole rings is 1. The van der Waals surface area contributed by atoms with E-state index in [-0.39, 0.29) is 17.0 Å². The van der Waals surface area contributed by atoms with E-state index >= 15 is 0 Å². The lowest BCUT2D eigenvalue weighted by atomic mass is 9.82. The Morgan fingerprint density at radius 3 is 0.972 bits per heavy atom. The lowest BCUT2D eigenvalue weighted by Crippen LogP contribution is -3.00. The molecule has 1 aromatic heterocycles. The highest BCUT2D eigenvalue weighted by atomic mass is 79.9. The van der Waals surface area contributed by atoms with Crippen molar-refractivity contribution >= 4 is 78.7 Å². The molecule has 0 amide bonds. The largest absolute Gasteiger partial charge is 1.00 e. The van der Waals surface area contributed by atoms with Crippen molar-refractivity contribution in [1.82, 2.24) is 4.57 Å². The SMILES string of the molecule is Cn1c[n+](C)c2c(-c3ccc(C=O)cc3)ccc(-c3ccc(C=O)cc3)c21.Nc1ccc(-c2cc(-c3ccc(N)cc3)c3ccc4c(-c5ccc(N)cc5)cc(-c5ccc(N)cc5)c5ccc2c3c54)cc1.[Br-]. The Bertz CT molecular complexity index is 3560. The number of carbonyl (C=O) groups excluding carboxylic acids is 2. The highest BCUT2D eigenvalue weighted by molar-refractivity contribution is 6.32. The number of benzene rings is 11. The number of rotatable bonds is 8. The summed E-state index contributed by atoms with van der Waals surface area (Å²) >= 11 is 0. The van der Waals surface area contributed by atoms with Gasteiger partial charge in [0.05, 0.1) is 14.1 Å². The molecule has 12 aromatic rings. The summed E-state index contributed by atoms with van der Waals surface area (Å²) in [5.74, 6) is 0. The topological polar surface area (TPSA) is 147 Å². The van der Waals surface area contributed by atoms with Crippen molar-refractivity contribution in [1.29, 1.82) is 0 Å². The minimum atomic E-state index is 0. The number of anilines is 4. The van der Waals surface area contributed by atoms with E-state index in [0.29, 0.717) is 11.1 Å². The summed E-state index contributed by atoms with van der Waals surface area (Å²) in [5, 5.41) is 7.24. The van der Waals surface area contributed by atoms with E-state index in [1.54, 1.807) is 0 Å². The van der Waals surface area contributed by atoms with Crippen molar-refractivity contribution in [2.24, 2.45) is 14.1 Å². The van der Waals surface area contributed by atoms with Crippen molar-refractivity contribution in [3.05, 3.63) is 212 Å². The first-order valence-corrected chi connectivity index (χ1v) is 23.4. The van der Waals surface area contributed by atoms with Crippen LogP contribution in [0.4, 0.5) is 22.7 Å². The van der Waals surface area contributed by atoms with Crippen molar-refractivity contribution in [3.8, 4) is 66.8 Å².